The van der Waals surface area contributed by atoms with Crippen molar-refractivity contribution in [3.63, 3.8) is 0 Å². The Morgan fingerprint density at radius 1 is 1.45 bits per heavy atom. The fourth-order valence-electron chi connectivity index (χ4n) is 0.782. The first kappa shape index (κ1) is 7.53. The first-order valence-electron chi connectivity index (χ1n) is 3.10. The minimum atomic E-state index is 0.0506. The fourth-order valence-corrected chi connectivity index (χ4v) is 0.782. The standard InChI is InChI=1S/C7H8N2O2/c1-9(8-11)6-4-2-3-5-7(6)10/h2-5,10H,1H3. The topological polar surface area (TPSA) is 52.9 Å². The lowest BCUT2D eigenvalue weighted by Crippen LogP contribution is -2.06. The van der Waals surface area contributed by atoms with Gasteiger partial charge in [0.05, 0.1) is 5.29 Å². The van der Waals surface area contributed by atoms with Crippen molar-refractivity contribution in [1.29, 1.82) is 0 Å². The number of phenols is 1. The molecule has 1 aromatic rings. The molecule has 0 aliphatic carbocycles. The van der Waals surface area contributed by atoms with E-state index in [9.17, 15) is 10.0 Å². The molecule has 0 saturated carbocycles. The second-order valence-electron chi connectivity index (χ2n) is 2.09. The van der Waals surface area contributed by atoms with Gasteiger partial charge in [0.2, 0.25) is 0 Å². The van der Waals surface area contributed by atoms with Crippen LogP contribution in [-0.4, -0.2) is 12.2 Å². The largest absolute Gasteiger partial charge is 0.506 e. The number of rotatable bonds is 2. The summed E-state index contributed by atoms with van der Waals surface area (Å²) < 4.78 is 0. The van der Waals surface area contributed by atoms with Crippen molar-refractivity contribution >= 4 is 5.69 Å². The van der Waals surface area contributed by atoms with Crippen molar-refractivity contribution in [1.82, 2.24) is 0 Å². The molecular formula is C7H8N2O2. The summed E-state index contributed by atoms with van der Waals surface area (Å²) in [6.07, 6.45) is 0. The molecule has 0 fully saturated rings. The number of anilines is 1. The van der Waals surface area contributed by atoms with Crippen LogP contribution in [0.1, 0.15) is 0 Å². The summed E-state index contributed by atoms with van der Waals surface area (Å²) in [6, 6.07) is 6.50. The minimum absolute atomic E-state index is 0.0506. The minimum Gasteiger partial charge on any atom is -0.506 e. The van der Waals surface area contributed by atoms with Gasteiger partial charge in [-0.05, 0) is 12.1 Å². The molecule has 0 radical (unpaired) electrons. The average molecular weight is 152 g/mol. The molecule has 1 aromatic carbocycles. The number of hydrogen-bond donors (Lipinski definition) is 1. The van der Waals surface area contributed by atoms with Gasteiger partial charge in [-0.2, -0.15) is 0 Å². The van der Waals surface area contributed by atoms with Crippen molar-refractivity contribution < 1.29 is 5.11 Å². The number of aromatic hydroxyl groups is 1. The Morgan fingerprint density at radius 3 is 2.64 bits per heavy atom. The van der Waals surface area contributed by atoms with Gasteiger partial charge in [-0.15, -0.1) is 4.91 Å². The second kappa shape index (κ2) is 3.01. The summed E-state index contributed by atoms with van der Waals surface area (Å²) >= 11 is 0. The molecule has 0 atom stereocenters. The van der Waals surface area contributed by atoms with Gasteiger partial charge in [0.15, 0.2) is 0 Å². The maximum absolute atomic E-state index is 10.0. The first-order valence-corrected chi connectivity index (χ1v) is 3.10. The number of para-hydroxylation sites is 2. The number of phenolic OH excluding ortho intramolecular Hbond substituents is 1. The van der Waals surface area contributed by atoms with Gasteiger partial charge in [-0.25, -0.2) is 5.01 Å². The highest BCUT2D eigenvalue weighted by Crippen LogP contribution is 2.24. The molecule has 0 spiro atoms. The van der Waals surface area contributed by atoms with Crippen molar-refractivity contribution in [2.24, 2.45) is 5.29 Å². The molecule has 4 heteroatoms. The van der Waals surface area contributed by atoms with Crippen molar-refractivity contribution in [3.8, 4) is 5.75 Å². The highest BCUT2D eigenvalue weighted by molar-refractivity contribution is 5.56. The lowest BCUT2D eigenvalue weighted by molar-refractivity contribution is 0.475. The average Bonchev–Trinajstić information content (AvgIpc) is 2.04. The Morgan fingerprint density at radius 2 is 2.09 bits per heavy atom. The third kappa shape index (κ3) is 1.46. The van der Waals surface area contributed by atoms with Gasteiger partial charge in [0.1, 0.15) is 11.4 Å². The van der Waals surface area contributed by atoms with E-state index >= 15 is 0 Å². The van der Waals surface area contributed by atoms with E-state index in [0.717, 1.165) is 5.01 Å². The van der Waals surface area contributed by atoms with E-state index in [1.165, 1.54) is 13.1 Å². The molecule has 0 heterocycles. The van der Waals surface area contributed by atoms with E-state index in [0.29, 0.717) is 5.69 Å². The lowest BCUT2D eigenvalue weighted by atomic mass is 10.3. The zero-order valence-corrected chi connectivity index (χ0v) is 6.06. The van der Waals surface area contributed by atoms with Gasteiger partial charge in [0.25, 0.3) is 0 Å². The third-order valence-electron chi connectivity index (χ3n) is 1.35. The molecule has 4 nitrogen and oxygen atoms in total. The normalized spacial score (nSPS) is 9.18. The molecule has 1 rings (SSSR count). The van der Waals surface area contributed by atoms with Crippen molar-refractivity contribution in [2.75, 3.05) is 12.1 Å². The van der Waals surface area contributed by atoms with Gasteiger partial charge >= 0.3 is 0 Å². The quantitative estimate of drug-likeness (QED) is 0.516. The molecule has 0 aliphatic heterocycles. The van der Waals surface area contributed by atoms with Crippen LogP contribution in [0.2, 0.25) is 0 Å². The Labute approximate surface area is 64.0 Å². The molecule has 0 aliphatic rings. The van der Waals surface area contributed by atoms with Crippen LogP contribution < -0.4 is 5.01 Å². The number of nitroso groups, excluding NO2 is 1. The number of benzene rings is 1. The maximum atomic E-state index is 10.0. The molecule has 11 heavy (non-hydrogen) atoms. The van der Waals surface area contributed by atoms with Crippen molar-refractivity contribution in [3.05, 3.63) is 29.2 Å². The van der Waals surface area contributed by atoms with E-state index in [1.807, 2.05) is 0 Å². The molecule has 0 amide bonds. The monoisotopic (exact) mass is 152 g/mol. The van der Waals surface area contributed by atoms with E-state index < -0.39 is 0 Å². The summed E-state index contributed by atoms with van der Waals surface area (Å²) in [5.41, 5.74) is 0.405. The Bertz CT molecular complexity index is 262. The Kier molecular flexibility index (Phi) is 2.06. The summed E-state index contributed by atoms with van der Waals surface area (Å²) in [5, 5.41) is 12.9. The maximum Gasteiger partial charge on any atom is 0.140 e. The SMILES string of the molecule is CN(N=O)c1ccccc1O. The smallest absolute Gasteiger partial charge is 0.140 e. The molecule has 0 aromatic heterocycles. The molecule has 0 unspecified atom stereocenters. The van der Waals surface area contributed by atoms with Crippen LogP contribution in [0.4, 0.5) is 5.69 Å². The van der Waals surface area contributed by atoms with E-state index in [4.69, 9.17) is 0 Å². The van der Waals surface area contributed by atoms with E-state index in [2.05, 4.69) is 5.29 Å². The summed E-state index contributed by atoms with van der Waals surface area (Å²) in [7, 11) is 1.47. The molecule has 0 bridgehead atoms. The van der Waals surface area contributed by atoms with Gasteiger partial charge in [-0.1, -0.05) is 12.1 Å². The Hall–Kier alpha value is -1.58. The van der Waals surface area contributed by atoms with Crippen LogP contribution in [0.15, 0.2) is 29.6 Å². The van der Waals surface area contributed by atoms with Crippen LogP contribution in [0.5, 0.6) is 5.75 Å². The predicted molar refractivity (Wildman–Crippen MR) is 42.3 cm³/mol. The van der Waals surface area contributed by atoms with Gasteiger partial charge in [-0.3, -0.25) is 0 Å². The van der Waals surface area contributed by atoms with Crippen LogP contribution in [-0.2, 0) is 0 Å². The van der Waals surface area contributed by atoms with E-state index in [-0.39, 0.29) is 5.75 Å². The Balaban J connectivity index is 3.02. The molecule has 0 saturated heterocycles. The molecule has 1 N–H and O–H groups in total. The fraction of sp³-hybridized carbons (Fsp3) is 0.143. The van der Waals surface area contributed by atoms with Crippen molar-refractivity contribution in [2.45, 2.75) is 0 Å². The summed E-state index contributed by atoms with van der Waals surface area (Å²) in [4.78, 5) is 10.0. The van der Waals surface area contributed by atoms with Gasteiger partial charge in [0, 0.05) is 7.05 Å². The summed E-state index contributed by atoms with van der Waals surface area (Å²) in [5.74, 6) is 0.0506. The summed E-state index contributed by atoms with van der Waals surface area (Å²) in [6.45, 7) is 0. The first-order chi connectivity index (χ1) is 5.25. The predicted octanol–water partition coefficient (Wildman–Crippen LogP) is 1.51. The highest BCUT2D eigenvalue weighted by Gasteiger charge is 2.03. The zero-order chi connectivity index (χ0) is 8.27. The highest BCUT2D eigenvalue weighted by atomic mass is 16.3. The molecular weight excluding hydrogens is 144 g/mol. The molecule has 58 valence electrons. The van der Waals surface area contributed by atoms with Gasteiger partial charge < -0.3 is 5.11 Å². The lowest BCUT2D eigenvalue weighted by Gasteiger charge is -2.08. The second-order valence-corrected chi connectivity index (χ2v) is 2.09. The van der Waals surface area contributed by atoms with Crippen LogP contribution in [0, 0.1) is 4.91 Å². The van der Waals surface area contributed by atoms with Crippen LogP contribution in [0.25, 0.3) is 0 Å². The van der Waals surface area contributed by atoms with Crippen LogP contribution in [0.3, 0.4) is 0 Å². The van der Waals surface area contributed by atoms with Crippen LogP contribution >= 0.6 is 0 Å². The van der Waals surface area contributed by atoms with E-state index in [1.54, 1.807) is 18.2 Å². The zero-order valence-electron chi connectivity index (χ0n) is 6.06. The third-order valence-corrected chi connectivity index (χ3v) is 1.35. The number of nitrogens with zero attached hydrogens (tertiary/aromatic N) is 2. The number of hydrogen-bond acceptors (Lipinski definition) is 3.